The molecule has 3 aliphatic heterocycles. The lowest BCUT2D eigenvalue weighted by molar-refractivity contribution is -0.552. The van der Waals surface area contributed by atoms with Gasteiger partial charge in [0.15, 0.2) is 5.82 Å². The maximum absolute atomic E-state index is 10.7. The number of likely N-dealkylation sites (N-methyl/N-ethyl adjacent to an activating group) is 2. The number of hydrogen-bond acceptors (Lipinski definition) is 13. The highest BCUT2D eigenvalue weighted by atomic mass is 16.7. The lowest BCUT2D eigenvalue weighted by Crippen LogP contribution is -2.44. The third-order valence-corrected chi connectivity index (χ3v) is 7.56. The summed E-state index contributed by atoms with van der Waals surface area (Å²) in [6.07, 6.45) is 3.75. The number of nitro groups is 3. The van der Waals surface area contributed by atoms with E-state index in [1.54, 1.807) is 6.07 Å². The summed E-state index contributed by atoms with van der Waals surface area (Å²) in [7, 11) is 4.25. The molecule has 3 fully saturated rings. The molecular weight excluding hydrogens is 602 g/mol. The molecule has 0 unspecified atom stereocenters. The molecule has 3 saturated heterocycles. The van der Waals surface area contributed by atoms with Crippen molar-refractivity contribution in [3.8, 4) is 0 Å². The number of aromatic amines is 1. The van der Waals surface area contributed by atoms with Gasteiger partial charge in [0, 0.05) is 93.9 Å². The quantitative estimate of drug-likeness (QED) is 0.243. The first-order valence-electron chi connectivity index (χ1n) is 14.9. The van der Waals surface area contributed by atoms with E-state index in [1.165, 1.54) is 62.5 Å². The highest BCUT2D eigenvalue weighted by molar-refractivity contribution is 5.91. The first-order valence-corrected chi connectivity index (χ1v) is 14.9. The first-order chi connectivity index (χ1) is 22.1. The van der Waals surface area contributed by atoms with E-state index in [0.717, 1.165) is 63.7 Å². The number of anilines is 1. The van der Waals surface area contributed by atoms with Crippen LogP contribution in [0.25, 0.3) is 21.8 Å². The fourth-order valence-corrected chi connectivity index (χ4v) is 4.84. The van der Waals surface area contributed by atoms with Gasteiger partial charge in [-0.3, -0.25) is 25.3 Å². The second kappa shape index (κ2) is 16.5. The van der Waals surface area contributed by atoms with Gasteiger partial charge < -0.3 is 34.9 Å². The van der Waals surface area contributed by atoms with Crippen LogP contribution >= 0.6 is 0 Å². The fraction of sp³-hybridized carbons (Fsp3) is 0.500. The normalized spacial score (nSPS) is 16.9. The van der Waals surface area contributed by atoms with Crippen molar-refractivity contribution < 1.29 is 19.6 Å². The van der Waals surface area contributed by atoms with Crippen LogP contribution in [0.15, 0.2) is 42.6 Å². The smallest absolute Gasteiger partial charge is 0.273 e. The highest BCUT2D eigenvalue weighted by Gasteiger charge is 2.20. The molecule has 5 heterocycles. The molecule has 0 saturated carbocycles. The number of non-ortho nitro benzene ring substituents is 2. The van der Waals surface area contributed by atoms with Crippen molar-refractivity contribution in [2.45, 2.75) is 12.8 Å². The van der Waals surface area contributed by atoms with Crippen LogP contribution in [0, 0.1) is 30.3 Å². The first kappa shape index (κ1) is 34.1. The van der Waals surface area contributed by atoms with E-state index < -0.39 is 14.9 Å². The molecule has 18 heteroatoms. The molecular formula is C28H39N11O7. The zero-order valence-electron chi connectivity index (χ0n) is 25.9. The fourth-order valence-electron chi connectivity index (χ4n) is 4.84. The average molecular weight is 642 g/mol. The van der Waals surface area contributed by atoms with Crippen molar-refractivity contribution in [3.63, 3.8) is 0 Å². The lowest BCUT2D eigenvalue weighted by atomic mass is 10.2. The van der Waals surface area contributed by atoms with Crippen molar-refractivity contribution >= 4 is 39.0 Å². The van der Waals surface area contributed by atoms with Crippen molar-refractivity contribution in [2.75, 3.05) is 84.6 Å². The van der Waals surface area contributed by atoms with Crippen LogP contribution in [0.1, 0.15) is 12.8 Å². The molecule has 0 aliphatic carbocycles. The predicted molar refractivity (Wildman–Crippen MR) is 172 cm³/mol. The van der Waals surface area contributed by atoms with Crippen LogP contribution in [-0.4, -0.2) is 124 Å². The molecule has 18 nitrogen and oxygen atoms in total. The van der Waals surface area contributed by atoms with Crippen LogP contribution in [-0.2, 0) is 4.74 Å². The summed E-state index contributed by atoms with van der Waals surface area (Å²) in [5.74, 6) is 0.887. The van der Waals surface area contributed by atoms with E-state index in [9.17, 15) is 30.3 Å². The number of fused-ring (bicyclic) bond motifs is 2. The number of nitrogens with one attached hydrogen (secondary N) is 2. The molecule has 0 bridgehead atoms. The third-order valence-electron chi connectivity index (χ3n) is 7.56. The maximum atomic E-state index is 10.7. The Morgan fingerprint density at radius 3 is 1.96 bits per heavy atom. The Kier molecular flexibility index (Phi) is 12.2. The summed E-state index contributed by atoms with van der Waals surface area (Å²) < 4.78 is 4.94. The number of piperazine rings is 2. The van der Waals surface area contributed by atoms with Gasteiger partial charge >= 0.3 is 0 Å². The number of H-pyrrole nitrogens is 1. The minimum absolute atomic E-state index is 0.0843. The minimum Gasteiger partial charge on any atom is -0.381 e. The summed E-state index contributed by atoms with van der Waals surface area (Å²) in [5.41, 5.74) is 0.876. The molecule has 2 aromatic heterocycles. The number of hydrogen-bond donors (Lipinski definition) is 2. The molecule has 3 aliphatic rings. The largest absolute Gasteiger partial charge is 0.381 e. The lowest BCUT2D eigenvalue weighted by Gasteiger charge is -2.32. The van der Waals surface area contributed by atoms with Crippen molar-refractivity contribution in [3.05, 3.63) is 72.9 Å². The molecule has 2 aromatic carbocycles. The summed E-state index contributed by atoms with van der Waals surface area (Å²) in [4.78, 5) is 37.9. The topological polar surface area (TPSA) is 207 Å². The molecule has 7 rings (SSSR count). The molecule has 0 amide bonds. The van der Waals surface area contributed by atoms with Crippen LogP contribution < -0.4 is 10.2 Å². The van der Waals surface area contributed by atoms with Gasteiger partial charge in [-0.15, -0.1) is 0 Å². The second-order valence-electron chi connectivity index (χ2n) is 11.0. The van der Waals surface area contributed by atoms with Gasteiger partial charge in [0.05, 0.1) is 36.9 Å². The van der Waals surface area contributed by atoms with Crippen molar-refractivity contribution in [1.82, 2.24) is 35.2 Å². The van der Waals surface area contributed by atoms with Gasteiger partial charge in [-0.25, -0.2) is 0 Å². The Balaban J connectivity index is 0.000000156. The average Bonchev–Trinajstić information content (AvgIpc) is 3.84. The Morgan fingerprint density at radius 2 is 1.41 bits per heavy atom. The molecule has 0 radical (unpaired) electrons. The van der Waals surface area contributed by atoms with Crippen molar-refractivity contribution in [2.24, 2.45) is 0 Å². The number of nitro benzene ring substituents is 2. The summed E-state index contributed by atoms with van der Waals surface area (Å²) in [6.45, 7) is 10.6. The van der Waals surface area contributed by atoms with E-state index in [1.807, 2.05) is 0 Å². The zero-order valence-corrected chi connectivity index (χ0v) is 25.9. The van der Waals surface area contributed by atoms with Crippen LogP contribution in [0.4, 0.5) is 17.2 Å². The molecule has 46 heavy (non-hydrogen) atoms. The van der Waals surface area contributed by atoms with Gasteiger partial charge in [-0.1, -0.05) is 0 Å². The Hall–Kier alpha value is -4.78. The van der Waals surface area contributed by atoms with Gasteiger partial charge in [0.25, 0.3) is 11.4 Å². The Labute approximate surface area is 264 Å². The van der Waals surface area contributed by atoms with Gasteiger partial charge in [-0.2, -0.15) is 5.10 Å². The SMILES string of the molecule is C1CCOC1.CN1CCN(c2n[nH]c3cc([N+](=O)[O-])ccc23)CC1.CN1CCNCC1.O=[N+]([O-])c1ccc2cn([N+](=O)[O-])nc2c1. The summed E-state index contributed by atoms with van der Waals surface area (Å²) in [6, 6.07) is 8.70. The van der Waals surface area contributed by atoms with E-state index in [-0.39, 0.29) is 16.9 Å². The Bertz CT molecular complexity index is 1590. The second-order valence-corrected chi connectivity index (χ2v) is 11.0. The molecule has 0 spiro atoms. The third kappa shape index (κ3) is 9.61. The van der Waals surface area contributed by atoms with Crippen LogP contribution in [0.2, 0.25) is 0 Å². The van der Waals surface area contributed by atoms with Gasteiger partial charge in [0.1, 0.15) is 6.20 Å². The number of aromatic nitrogens is 4. The molecule has 4 aromatic rings. The number of benzene rings is 2. The number of rotatable bonds is 4. The van der Waals surface area contributed by atoms with E-state index in [0.29, 0.717) is 15.7 Å². The highest BCUT2D eigenvalue weighted by Crippen LogP contribution is 2.27. The summed E-state index contributed by atoms with van der Waals surface area (Å²) in [5, 5.41) is 46.3. The van der Waals surface area contributed by atoms with Gasteiger partial charge in [0.2, 0.25) is 5.52 Å². The predicted octanol–water partition coefficient (Wildman–Crippen LogP) is 2.53. The van der Waals surface area contributed by atoms with Crippen molar-refractivity contribution in [1.29, 1.82) is 0 Å². The standard InChI is InChI=1S/C12H15N5O2.C7H4N4O4.C5H12N2.C4H8O/c1-15-4-6-16(7-5-15)12-10-3-2-9(17(18)19)8-11(10)13-14-12;12-10(13)6-2-1-5-4-9(11(14)15)8-7(5)3-6;1-7-4-2-6-3-5-7;1-2-4-5-3-1/h2-3,8H,4-7H2,1H3,(H,13,14);1-4H;6H,2-5H2,1H3;1-4H2. The summed E-state index contributed by atoms with van der Waals surface area (Å²) >= 11 is 0. The zero-order chi connectivity index (χ0) is 33.1. The van der Waals surface area contributed by atoms with E-state index in [2.05, 4.69) is 49.4 Å². The molecule has 2 N–H and O–H groups in total. The number of ether oxygens (including phenoxy) is 1. The minimum atomic E-state index is -0.716. The number of nitrogens with zero attached hydrogens (tertiary/aromatic N) is 9. The maximum Gasteiger partial charge on any atom is 0.273 e. The monoisotopic (exact) mass is 641 g/mol. The van der Waals surface area contributed by atoms with E-state index in [4.69, 9.17) is 4.74 Å². The van der Waals surface area contributed by atoms with Gasteiger partial charge in [-0.05, 0) is 39.1 Å². The van der Waals surface area contributed by atoms with Crippen LogP contribution in [0.3, 0.4) is 0 Å². The van der Waals surface area contributed by atoms with E-state index >= 15 is 0 Å². The Morgan fingerprint density at radius 1 is 0.804 bits per heavy atom. The van der Waals surface area contributed by atoms with Crippen LogP contribution in [0.5, 0.6) is 0 Å². The molecule has 248 valence electrons. The molecule has 0 atom stereocenters.